The van der Waals surface area contributed by atoms with E-state index in [1.807, 2.05) is 7.05 Å². The van der Waals surface area contributed by atoms with Gasteiger partial charge in [-0.15, -0.1) is 0 Å². The molecule has 0 aromatic carbocycles. The second-order valence-corrected chi connectivity index (χ2v) is 3.33. The van der Waals surface area contributed by atoms with Crippen LogP contribution in [0.5, 0.6) is 0 Å². The first-order chi connectivity index (χ1) is 5.27. The minimum absolute atomic E-state index is 0.837. The van der Waals surface area contributed by atoms with Crippen molar-refractivity contribution in [3.05, 3.63) is 12.2 Å². The van der Waals surface area contributed by atoms with Crippen LogP contribution in [-0.2, 0) is 0 Å². The SMILES string of the molecule is CNCCC=CCCC(C)C. The molecule has 0 amide bonds. The highest BCUT2D eigenvalue weighted by atomic mass is 14.8. The van der Waals surface area contributed by atoms with E-state index in [-0.39, 0.29) is 0 Å². The van der Waals surface area contributed by atoms with Gasteiger partial charge in [-0.25, -0.2) is 0 Å². The van der Waals surface area contributed by atoms with Gasteiger partial charge in [-0.1, -0.05) is 26.0 Å². The molecular weight excluding hydrogens is 134 g/mol. The van der Waals surface area contributed by atoms with E-state index < -0.39 is 0 Å². The van der Waals surface area contributed by atoms with Crippen molar-refractivity contribution in [2.24, 2.45) is 5.92 Å². The van der Waals surface area contributed by atoms with Gasteiger partial charge in [-0.05, 0) is 38.8 Å². The fourth-order valence-electron chi connectivity index (χ4n) is 0.893. The van der Waals surface area contributed by atoms with Crippen LogP contribution in [0.1, 0.15) is 33.1 Å². The van der Waals surface area contributed by atoms with E-state index in [1.54, 1.807) is 0 Å². The highest BCUT2D eigenvalue weighted by molar-refractivity contribution is 4.82. The van der Waals surface area contributed by atoms with E-state index in [2.05, 4.69) is 31.3 Å². The van der Waals surface area contributed by atoms with Gasteiger partial charge in [0.05, 0.1) is 0 Å². The molecule has 11 heavy (non-hydrogen) atoms. The average Bonchev–Trinajstić information content (AvgIpc) is 1.96. The molecule has 0 fully saturated rings. The lowest BCUT2D eigenvalue weighted by Crippen LogP contribution is -2.05. The minimum atomic E-state index is 0.837. The third kappa shape index (κ3) is 9.70. The number of nitrogens with one attached hydrogen (secondary N) is 1. The molecule has 0 unspecified atom stereocenters. The zero-order valence-electron chi connectivity index (χ0n) is 8.06. The second-order valence-electron chi connectivity index (χ2n) is 3.33. The Morgan fingerprint density at radius 2 is 1.82 bits per heavy atom. The standard InChI is InChI=1S/C10H21N/c1-10(2)8-6-4-5-7-9-11-3/h4-5,10-11H,6-9H2,1-3H3. The molecule has 0 radical (unpaired) electrons. The number of hydrogen-bond donors (Lipinski definition) is 1. The third-order valence-corrected chi connectivity index (χ3v) is 1.64. The van der Waals surface area contributed by atoms with E-state index in [0.717, 1.165) is 18.9 Å². The first-order valence-corrected chi connectivity index (χ1v) is 4.57. The van der Waals surface area contributed by atoms with Crippen molar-refractivity contribution in [3.63, 3.8) is 0 Å². The molecule has 0 aromatic heterocycles. The van der Waals surface area contributed by atoms with Crippen molar-refractivity contribution in [3.8, 4) is 0 Å². The van der Waals surface area contributed by atoms with Gasteiger partial charge in [0.2, 0.25) is 0 Å². The molecule has 0 aliphatic rings. The van der Waals surface area contributed by atoms with Crippen molar-refractivity contribution >= 4 is 0 Å². The molecule has 66 valence electrons. The van der Waals surface area contributed by atoms with Gasteiger partial charge in [0.1, 0.15) is 0 Å². The van der Waals surface area contributed by atoms with Crippen molar-refractivity contribution in [1.29, 1.82) is 0 Å². The Bertz CT molecular complexity index is 95.0. The summed E-state index contributed by atoms with van der Waals surface area (Å²) in [5, 5.41) is 3.12. The Morgan fingerprint density at radius 3 is 2.36 bits per heavy atom. The lowest BCUT2D eigenvalue weighted by Gasteiger charge is -1.98. The molecule has 0 aliphatic carbocycles. The minimum Gasteiger partial charge on any atom is -0.319 e. The summed E-state index contributed by atoms with van der Waals surface area (Å²) in [6, 6.07) is 0. The molecule has 0 bridgehead atoms. The van der Waals surface area contributed by atoms with Gasteiger partial charge in [0.15, 0.2) is 0 Å². The van der Waals surface area contributed by atoms with Crippen LogP contribution in [-0.4, -0.2) is 13.6 Å². The first-order valence-electron chi connectivity index (χ1n) is 4.57. The van der Waals surface area contributed by atoms with Gasteiger partial charge in [-0.3, -0.25) is 0 Å². The molecule has 0 atom stereocenters. The maximum Gasteiger partial charge on any atom is -0.00173 e. The predicted molar refractivity (Wildman–Crippen MR) is 51.8 cm³/mol. The molecule has 0 rings (SSSR count). The summed E-state index contributed by atoms with van der Waals surface area (Å²) in [5.74, 6) is 0.837. The Balaban J connectivity index is 3.03. The highest BCUT2D eigenvalue weighted by Crippen LogP contribution is 2.03. The van der Waals surface area contributed by atoms with Crippen LogP contribution in [0.3, 0.4) is 0 Å². The van der Waals surface area contributed by atoms with Crippen LogP contribution < -0.4 is 5.32 Å². The quantitative estimate of drug-likeness (QED) is 0.459. The maximum absolute atomic E-state index is 3.12. The van der Waals surface area contributed by atoms with E-state index in [0.29, 0.717) is 0 Å². The van der Waals surface area contributed by atoms with Crippen molar-refractivity contribution in [2.45, 2.75) is 33.1 Å². The molecular formula is C10H21N. The van der Waals surface area contributed by atoms with Crippen molar-refractivity contribution in [2.75, 3.05) is 13.6 Å². The Hall–Kier alpha value is -0.300. The molecule has 0 saturated carbocycles. The predicted octanol–water partition coefficient (Wildman–Crippen LogP) is 2.59. The zero-order valence-corrected chi connectivity index (χ0v) is 8.06. The number of hydrogen-bond acceptors (Lipinski definition) is 1. The van der Waals surface area contributed by atoms with Gasteiger partial charge in [0.25, 0.3) is 0 Å². The highest BCUT2D eigenvalue weighted by Gasteiger charge is 1.88. The Morgan fingerprint density at radius 1 is 1.18 bits per heavy atom. The van der Waals surface area contributed by atoms with Crippen LogP contribution in [0.4, 0.5) is 0 Å². The number of allylic oxidation sites excluding steroid dienone is 1. The lowest BCUT2D eigenvalue weighted by molar-refractivity contribution is 0.593. The van der Waals surface area contributed by atoms with E-state index in [4.69, 9.17) is 0 Å². The molecule has 0 aromatic rings. The smallest absolute Gasteiger partial charge is 0.00173 e. The molecule has 1 nitrogen and oxygen atoms in total. The van der Waals surface area contributed by atoms with Gasteiger partial charge in [-0.2, -0.15) is 0 Å². The van der Waals surface area contributed by atoms with E-state index >= 15 is 0 Å². The Labute approximate surface area is 70.9 Å². The molecule has 1 N–H and O–H groups in total. The first kappa shape index (κ1) is 10.7. The van der Waals surface area contributed by atoms with E-state index in [9.17, 15) is 0 Å². The molecule has 0 heterocycles. The summed E-state index contributed by atoms with van der Waals surface area (Å²) in [7, 11) is 1.99. The van der Waals surface area contributed by atoms with E-state index in [1.165, 1.54) is 12.8 Å². The molecule has 1 heteroatoms. The van der Waals surface area contributed by atoms with Crippen LogP contribution in [0.15, 0.2) is 12.2 Å². The van der Waals surface area contributed by atoms with Crippen LogP contribution in [0.25, 0.3) is 0 Å². The second kappa shape index (κ2) is 7.80. The molecule has 0 saturated heterocycles. The fraction of sp³-hybridized carbons (Fsp3) is 0.800. The monoisotopic (exact) mass is 155 g/mol. The van der Waals surface area contributed by atoms with Crippen molar-refractivity contribution < 1.29 is 0 Å². The van der Waals surface area contributed by atoms with Crippen LogP contribution in [0, 0.1) is 5.92 Å². The average molecular weight is 155 g/mol. The third-order valence-electron chi connectivity index (χ3n) is 1.64. The topological polar surface area (TPSA) is 12.0 Å². The van der Waals surface area contributed by atoms with Gasteiger partial charge >= 0.3 is 0 Å². The number of rotatable bonds is 6. The normalized spacial score (nSPS) is 11.6. The fourth-order valence-corrected chi connectivity index (χ4v) is 0.893. The Kier molecular flexibility index (Phi) is 7.59. The molecule has 0 aliphatic heterocycles. The van der Waals surface area contributed by atoms with Crippen LogP contribution in [0.2, 0.25) is 0 Å². The summed E-state index contributed by atoms with van der Waals surface area (Å²) < 4.78 is 0. The lowest BCUT2D eigenvalue weighted by atomic mass is 10.1. The summed E-state index contributed by atoms with van der Waals surface area (Å²) in [6.07, 6.45) is 8.27. The van der Waals surface area contributed by atoms with Crippen LogP contribution >= 0.6 is 0 Å². The zero-order chi connectivity index (χ0) is 8.53. The van der Waals surface area contributed by atoms with Crippen molar-refractivity contribution in [1.82, 2.24) is 5.32 Å². The van der Waals surface area contributed by atoms with Gasteiger partial charge in [0, 0.05) is 0 Å². The maximum atomic E-state index is 3.12. The summed E-state index contributed by atoms with van der Waals surface area (Å²) in [6.45, 7) is 5.63. The largest absolute Gasteiger partial charge is 0.319 e. The summed E-state index contributed by atoms with van der Waals surface area (Å²) in [5.41, 5.74) is 0. The summed E-state index contributed by atoms with van der Waals surface area (Å²) >= 11 is 0. The van der Waals surface area contributed by atoms with Gasteiger partial charge < -0.3 is 5.32 Å². The summed E-state index contributed by atoms with van der Waals surface area (Å²) in [4.78, 5) is 0. The molecule has 0 spiro atoms.